The van der Waals surface area contributed by atoms with Gasteiger partial charge >= 0.3 is 0 Å². The highest BCUT2D eigenvalue weighted by Gasteiger charge is 2.09. The van der Waals surface area contributed by atoms with Crippen molar-refractivity contribution in [3.8, 4) is 11.5 Å². The SMILES string of the molecule is Cc1ccc(Oc2ccccc2F)cc1[NH+]([O-])O. The third kappa shape index (κ3) is 2.65. The molecule has 0 radical (unpaired) electrons. The van der Waals surface area contributed by atoms with Crippen molar-refractivity contribution >= 4 is 5.69 Å². The fourth-order valence-corrected chi connectivity index (χ4v) is 1.55. The minimum absolute atomic E-state index is 0.0673. The van der Waals surface area contributed by atoms with E-state index in [0.29, 0.717) is 11.3 Å². The van der Waals surface area contributed by atoms with Gasteiger partial charge in [0, 0.05) is 11.6 Å². The van der Waals surface area contributed by atoms with Gasteiger partial charge in [0.1, 0.15) is 5.75 Å². The molecule has 0 bridgehead atoms. The Morgan fingerprint density at radius 2 is 1.94 bits per heavy atom. The zero-order valence-corrected chi connectivity index (χ0v) is 9.68. The maximum Gasteiger partial charge on any atom is 0.170 e. The molecular weight excluding hydrogens is 237 g/mol. The molecule has 94 valence electrons. The molecule has 0 fully saturated rings. The standard InChI is InChI=1S/C13H12FNO3/c1-9-6-7-10(8-12(9)15(16)17)18-13-5-3-2-4-11(13)14/h2-8,15-16H,1H3. The zero-order chi connectivity index (χ0) is 13.1. The summed E-state index contributed by atoms with van der Waals surface area (Å²) in [6.07, 6.45) is 0. The predicted octanol–water partition coefficient (Wildman–Crippen LogP) is 2.33. The molecule has 1 atom stereocenters. The lowest BCUT2D eigenvalue weighted by molar-refractivity contribution is -0.991. The van der Waals surface area contributed by atoms with Gasteiger partial charge in [-0.1, -0.05) is 12.1 Å². The van der Waals surface area contributed by atoms with Gasteiger partial charge in [-0.2, -0.15) is 5.23 Å². The van der Waals surface area contributed by atoms with Gasteiger partial charge in [-0.3, -0.25) is 0 Å². The van der Waals surface area contributed by atoms with Gasteiger partial charge in [-0.15, -0.1) is 0 Å². The van der Waals surface area contributed by atoms with Crippen LogP contribution < -0.4 is 9.96 Å². The summed E-state index contributed by atoms with van der Waals surface area (Å²) in [4.78, 5) is 0. The molecule has 5 heteroatoms. The molecule has 2 N–H and O–H groups in total. The lowest BCUT2D eigenvalue weighted by atomic mass is 10.2. The Hall–Kier alpha value is -1.95. The van der Waals surface area contributed by atoms with Crippen molar-refractivity contribution < 1.29 is 19.6 Å². The van der Waals surface area contributed by atoms with Crippen LogP contribution in [0.1, 0.15) is 5.56 Å². The summed E-state index contributed by atoms with van der Waals surface area (Å²) in [6.45, 7) is 1.69. The minimum Gasteiger partial charge on any atom is -0.595 e. The molecular formula is C13H12FNO3. The molecule has 0 saturated heterocycles. The van der Waals surface area contributed by atoms with Crippen molar-refractivity contribution in [1.82, 2.24) is 0 Å². The van der Waals surface area contributed by atoms with Crippen LogP contribution in [0.15, 0.2) is 42.5 Å². The molecule has 2 aromatic rings. The van der Waals surface area contributed by atoms with E-state index in [0.717, 1.165) is 0 Å². The maximum absolute atomic E-state index is 13.4. The number of halogens is 1. The van der Waals surface area contributed by atoms with E-state index in [4.69, 9.17) is 9.94 Å². The van der Waals surface area contributed by atoms with Crippen LogP contribution in [0.4, 0.5) is 10.1 Å². The average molecular weight is 249 g/mol. The summed E-state index contributed by atoms with van der Waals surface area (Å²) in [6, 6.07) is 10.6. The number of nitrogens with one attached hydrogen (secondary N) is 1. The molecule has 0 aliphatic rings. The predicted molar refractivity (Wildman–Crippen MR) is 63.4 cm³/mol. The highest BCUT2D eigenvalue weighted by atomic mass is 19.1. The minimum atomic E-state index is -1.04. The third-order valence-corrected chi connectivity index (χ3v) is 2.50. The van der Waals surface area contributed by atoms with Crippen LogP contribution in [-0.4, -0.2) is 5.21 Å². The number of para-hydroxylation sites is 1. The molecule has 0 aliphatic carbocycles. The molecule has 0 aromatic heterocycles. The second kappa shape index (κ2) is 5.14. The van der Waals surface area contributed by atoms with E-state index in [-0.39, 0.29) is 11.4 Å². The van der Waals surface area contributed by atoms with E-state index < -0.39 is 11.0 Å². The van der Waals surface area contributed by atoms with Crippen LogP contribution in [0.25, 0.3) is 0 Å². The lowest BCUT2D eigenvalue weighted by Crippen LogP contribution is -2.99. The van der Waals surface area contributed by atoms with E-state index in [1.54, 1.807) is 31.2 Å². The number of quaternary nitrogens is 1. The van der Waals surface area contributed by atoms with Crippen LogP contribution >= 0.6 is 0 Å². The summed E-state index contributed by atoms with van der Waals surface area (Å²) in [5.41, 5.74) is 0.771. The van der Waals surface area contributed by atoms with Crippen LogP contribution in [0.2, 0.25) is 0 Å². The van der Waals surface area contributed by atoms with Gasteiger partial charge in [0.25, 0.3) is 0 Å². The lowest BCUT2D eigenvalue weighted by Gasteiger charge is -2.15. The van der Waals surface area contributed by atoms with Crippen molar-refractivity contribution in [2.24, 2.45) is 0 Å². The molecule has 0 amide bonds. The van der Waals surface area contributed by atoms with Gasteiger partial charge in [-0.05, 0) is 31.2 Å². The van der Waals surface area contributed by atoms with Crippen LogP contribution in [0.3, 0.4) is 0 Å². The van der Waals surface area contributed by atoms with Gasteiger partial charge in [0.15, 0.2) is 17.3 Å². The zero-order valence-electron chi connectivity index (χ0n) is 9.68. The molecule has 0 aliphatic heterocycles. The molecule has 0 heterocycles. The first-order valence-electron chi connectivity index (χ1n) is 5.34. The number of rotatable bonds is 3. The number of hydrogen-bond acceptors (Lipinski definition) is 3. The fraction of sp³-hybridized carbons (Fsp3) is 0.0769. The number of ether oxygens (including phenoxy) is 1. The van der Waals surface area contributed by atoms with Crippen molar-refractivity contribution in [2.75, 3.05) is 0 Å². The number of aryl methyl sites for hydroxylation is 1. The number of benzene rings is 2. The largest absolute Gasteiger partial charge is 0.595 e. The second-order valence-corrected chi connectivity index (χ2v) is 3.81. The van der Waals surface area contributed by atoms with Gasteiger partial charge in [-0.25, -0.2) is 9.60 Å². The van der Waals surface area contributed by atoms with E-state index in [1.165, 1.54) is 18.2 Å². The Morgan fingerprint density at radius 3 is 2.61 bits per heavy atom. The molecule has 18 heavy (non-hydrogen) atoms. The van der Waals surface area contributed by atoms with Gasteiger partial charge in [0.2, 0.25) is 0 Å². The van der Waals surface area contributed by atoms with E-state index in [2.05, 4.69) is 0 Å². The Balaban J connectivity index is 2.30. The monoisotopic (exact) mass is 249 g/mol. The smallest absolute Gasteiger partial charge is 0.170 e. The van der Waals surface area contributed by atoms with Crippen molar-refractivity contribution in [2.45, 2.75) is 6.92 Å². The molecule has 0 saturated carbocycles. The van der Waals surface area contributed by atoms with Gasteiger partial charge in [0.05, 0.1) is 0 Å². The summed E-state index contributed by atoms with van der Waals surface area (Å²) in [7, 11) is 0. The quantitative estimate of drug-likeness (QED) is 0.821. The molecule has 0 spiro atoms. The van der Waals surface area contributed by atoms with E-state index >= 15 is 0 Å². The Morgan fingerprint density at radius 1 is 1.22 bits per heavy atom. The summed E-state index contributed by atoms with van der Waals surface area (Å²) >= 11 is 0. The van der Waals surface area contributed by atoms with Crippen LogP contribution in [0.5, 0.6) is 11.5 Å². The summed E-state index contributed by atoms with van der Waals surface area (Å²) < 4.78 is 18.7. The summed E-state index contributed by atoms with van der Waals surface area (Å²) in [5, 5.41) is 18.9. The highest BCUT2D eigenvalue weighted by molar-refractivity contribution is 5.46. The summed E-state index contributed by atoms with van der Waals surface area (Å²) in [5.74, 6) is -0.129. The van der Waals surface area contributed by atoms with Gasteiger partial charge < -0.3 is 9.94 Å². The Kier molecular flexibility index (Phi) is 3.57. The van der Waals surface area contributed by atoms with Crippen LogP contribution in [-0.2, 0) is 0 Å². The van der Waals surface area contributed by atoms with E-state index in [9.17, 15) is 9.60 Å². The van der Waals surface area contributed by atoms with Crippen molar-refractivity contribution in [3.05, 3.63) is 59.1 Å². The first-order chi connectivity index (χ1) is 8.58. The second-order valence-electron chi connectivity index (χ2n) is 3.81. The molecule has 2 rings (SSSR count). The first-order valence-corrected chi connectivity index (χ1v) is 5.34. The van der Waals surface area contributed by atoms with Crippen molar-refractivity contribution in [3.63, 3.8) is 0 Å². The van der Waals surface area contributed by atoms with E-state index in [1.807, 2.05) is 0 Å². The number of hydrogen-bond donors (Lipinski definition) is 2. The Labute approximate surface area is 103 Å². The fourth-order valence-electron chi connectivity index (χ4n) is 1.55. The first kappa shape index (κ1) is 12.5. The molecule has 2 aromatic carbocycles. The third-order valence-electron chi connectivity index (χ3n) is 2.50. The normalized spacial score (nSPS) is 12.2. The highest BCUT2D eigenvalue weighted by Crippen LogP contribution is 2.26. The average Bonchev–Trinajstić information content (AvgIpc) is 2.34. The molecule has 4 nitrogen and oxygen atoms in total. The topological polar surface area (TPSA) is 57.0 Å². The van der Waals surface area contributed by atoms with Crippen molar-refractivity contribution in [1.29, 1.82) is 0 Å². The Bertz CT molecular complexity index is 558. The van der Waals surface area contributed by atoms with Crippen LogP contribution in [0, 0.1) is 17.9 Å². The molecule has 1 unspecified atom stereocenters. The maximum atomic E-state index is 13.4.